The van der Waals surface area contributed by atoms with Crippen molar-refractivity contribution in [3.05, 3.63) is 65.7 Å². The third-order valence-corrected chi connectivity index (χ3v) is 2.54. The second-order valence-corrected chi connectivity index (χ2v) is 3.93. The highest BCUT2D eigenvalue weighted by molar-refractivity contribution is 5.34. The zero-order valence-corrected chi connectivity index (χ0v) is 9.76. The molecule has 0 saturated carbocycles. The average molecular weight is 268 g/mol. The van der Waals surface area contributed by atoms with Gasteiger partial charge in [0.2, 0.25) is 0 Å². The predicted octanol–water partition coefficient (Wildman–Crippen LogP) is 3.67. The van der Waals surface area contributed by atoms with Crippen molar-refractivity contribution in [1.82, 2.24) is 0 Å². The molecule has 2 rings (SSSR count). The first kappa shape index (κ1) is 13.4. The number of hydrogen-bond acceptors (Lipinski definition) is 2. The van der Waals surface area contributed by atoms with Gasteiger partial charge in [-0.05, 0) is 23.3 Å². The van der Waals surface area contributed by atoms with Gasteiger partial charge in [-0.3, -0.25) is 0 Å². The lowest BCUT2D eigenvalue weighted by molar-refractivity contribution is -0.274. The van der Waals surface area contributed by atoms with Gasteiger partial charge in [0, 0.05) is 0 Å². The van der Waals surface area contributed by atoms with Crippen LogP contribution in [0.2, 0.25) is 0 Å². The largest absolute Gasteiger partial charge is 0.573 e. The fourth-order valence-electron chi connectivity index (χ4n) is 1.68. The molecule has 2 aromatic rings. The van der Waals surface area contributed by atoms with E-state index in [-0.39, 0.29) is 5.75 Å². The molecule has 1 N–H and O–H groups in total. The molecule has 0 aliphatic carbocycles. The predicted molar refractivity (Wildman–Crippen MR) is 63.6 cm³/mol. The van der Waals surface area contributed by atoms with Crippen LogP contribution >= 0.6 is 0 Å². The van der Waals surface area contributed by atoms with E-state index in [0.29, 0.717) is 11.1 Å². The molecule has 19 heavy (non-hydrogen) atoms. The normalized spacial score (nSPS) is 13.1. The monoisotopic (exact) mass is 268 g/mol. The van der Waals surface area contributed by atoms with Gasteiger partial charge in [-0.1, -0.05) is 42.5 Å². The van der Waals surface area contributed by atoms with Crippen LogP contribution in [-0.2, 0) is 0 Å². The van der Waals surface area contributed by atoms with Crippen molar-refractivity contribution >= 4 is 0 Å². The van der Waals surface area contributed by atoms with Gasteiger partial charge in [0.15, 0.2) is 0 Å². The molecular formula is C14H11F3O2. The third-order valence-electron chi connectivity index (χ3n) is 2.54. The summed E-state index contributed by atoms with van der Waals surface area (Å²) in [5, 5.41) is 10.1. The van der Waals surface area contributed by atoms with Gasteiger partial charge in [0.25, 0.3) is 0 Å². The zero-order chi connectivity index (χ0) is 13.9. The second-order valence-electron chi connectivity index (χ2n) is 3.93. The lowest BCUT2D eigenvalue weighted by Gasteiger charge is -2.13. The van der Waals surface area contributed by atoms with E-state index in [9.17, 15) is 18.3 Å². The molecule has 0 aliphatic heterocycles. The van der Waals surface area contributed by atoms with Crippen molar-refractivity contribution in [3.63, 3.8) is 0 Å². The van der Waals surface area contributed by atoms with E-state index >= 15 is 0 Å². The summed E-state index contributed by atoms with van der Waals surface area (Å²) in [4.78, 5) is 0. The molecule has 0 amide bonds. The number of halogens is 3. The summed E-state index contributed by atoms with van der Waals surface area (Å²) in [7, 11) is 0. The van der Waals surface area contributed by atoms with Crippen LogP contribution in [-0.4, -0.2) is 11.5 Å². The first-order valence-corrected chi connectivity index (χ1v) is 5.54. The van der Waals surface area contributed by atoms with Crippen LogP contribution in [0.25, 0.3) is 0 Å². The van der Waals surface area contributed by atoms with Crippen LogP contribution in [0.5, 0.6) is 5.75 Å². The van der Waals surface area contributed by atoms with Crippen LogP contribution in [0.1, 0.15) is 17.2 Å². The number of rotatable bonds is 3. The number of ether oxygens (including phenoxy) is 1. The lowest BCUT2D eigenvalue weighted by atomic mass is 10.0. The van der Waals surface area contributed by atoms with Crippen LogP contribution in [0.15, 0.2) is 54.6 Å². The van der Waals surface area contributed by atoms with Crippen LogP contribution in [0.4, 0.5) is 13.2 Å². The summed E-state index contributed by atoms with van der Waals surface area (Å²) >= 11 is 0. The Morgan fingerprint density at radius 1 is 0.842 bits per heavy atom. The molecule has 0 spiro atoms. The van der Waals surface area contributed by atoms with Crippen molar-refractivity contribution < 1.29 is 23.0 Å². The molecule has 2 aromatic carbocycles. The molecule has 0 aromatic heterocycles. The second kappa shape index (κ2) is 5.32. The summed E-state index contributed by atoms with van der Waals surface area (Å²) in [6, 6.07) is 14.0. The van der Waals surface area contributed by atoms with E-state index in [2.05, 4.69) is 4.74 Å². The van der Waals surface area contributed by atoms with Gasteiger partial charge < -0.3 is 9.84 Å². The molecule has 2 nitrogen and oxygen atoms in total. The number of hydrogen-bond donors (Lipinski definition) is 1. The van der Waals surface area contributed by atoms with Crippen molar-refractivity contribution in [2.75, 3.05) is 0 Å². The van der Waals surface area contributed by atoms with Crippen LogP contribution < -0.4 is 4.74 Å². The number of aliphatic hydroxyl groups is 1. The molecular weight excluding hydrogens is 257 g/mol. The number of aliphatic hydroxyl groups excluding tert-OH is 1. The Kier molecular flexibility index (Phi) is 3.76. The highest BCUT2D eigenvalue weighted by Crippen LogP contribution is 2.26. The van der Waals surface area contributed by atoms with Crippen molar-refractivity contribution in [2.45, 2.75) is 12.5 Å². The SMILES string of the molecule is O[C@@H](c1ccccc1)c1ccc(OC(F)(F)F)cc1. The molecule has 0 radical (unpaired) electrons. The molecule has 0 heterocycles. The maximum Gasteiger partial charge on any atom is 0.573 e. The van der Waals surface area contributed by atoms with Gasteiger partial charge in [0.05, 0.1) is 0 Å². The van der Waals surface area contributed by atoms with Crippen molar-refractivity contribution in [1.29, 1.82) is 0 Å². The Morgan fingerprint density at radius 2 is 1.37 bits per heavy atom. The van der Waals surface area contributed by atoms with Crippen LogP contribution in [0.3, 0.4) is 0 Å². The summed E-state index contributed by atoms with van der Waals surface area (Å²) in [5.41, 5.74) is 1.17. The number of alkyl halides is 3. The van der Waals surface area contributed by atoms with E-state index in [1.807, 2.05) is 6.07 Å². The molecule has 1 atom stereocenters. The lowest BCUT2D eigenvalue weighted by Crippen LogP contribution is -2.17. The Labute approximate surface area is 108 Å². The van der Waals surface area contributed by atoms with Gasteiger partial charge >= 0.3 is 6.36 Å². The summed E-state index contributed by atoms with van der Waals surface area (Å²) < 4.78 is 39.7. The smallest absolute Gasteiger partial charge is 0.406 e. The molecule has 0 bridgehead atoms. The topological polar surface area (TPSA) is 29.5 Å². The molecule has 5 heteroatoms. The maximum absolute atomic E-state index is 12.0. The highest BCUT2D eigenvalue weighted by Gasteiger charge is 2.31. The van der Waals surface area contributed by atoms with E-state index in [0.717, 1.165) is 0 Å². The minimum atomic E-state index is -4.71. The highest BCUT2D eigenvalue weighted by atomic mass is 19.4. The molecule has 0 saturated heterocycles. The molecule has 0 fully saturated rings. The Bertz CT molecular complexity index is 521. The molecule has 100 valence electrons. The Balaban J connectivity index is 2.15. The van der Waals surface area contributed by atoms with E-state index < -0.39 is 12.5 Å². The van der Waals surface area contributed by atoms with E-state index in [1.54, 1.807) is 24.3 Å². The van der Waals surface area contributed by atoms with Crippen molar-refractivity contribution in [3.8, 4) is 5.75 Å². The summed E-state index contributed by atoms with van der Waals surface area (Å²) in [5.74, 6) is -0.309. The number of benzene rings is 2. The van der Waals surface area contributed by atoms with Crippen molar-refractivity contribution in [2.24, 2.45) is 0 Å². The average Bonchev–Trinajstić information content (AvgIpc) is 2.38. The minimum Gasteiger partial charge on any atom is -0.406 e. The summed E-state index contributed by atoms with van der Waals surface area (Å²) in [6.07, 6.45) is -5.58. The quantitative estimate of drug-likeness (QED) is 0.920. The third kappa shape index (κ3) is 3.72. The van der Waals surface area contributed by atoms with E-state index in [4.69, 9.17) is 0 Å². The minimum absolute atomic E-state index is 0.309. The Morgan fingerprint density at radius 3 is 1.89 bits per heavy atom. The molecule has 0 aliphatic rings. The van der Waals surface area contributed by atoms with Gasteiger partial charge in [-0.2, -0.15) is 0 Å². The van der Waals surface area contributed by atoms with Gasteiger partial charge in [-0.25, -0.2) is 0 Å². The van der Waals surface area contributed by atoms with Crippen LogP contribution in [0, 0.1) is 0 Å². The first-order chi connectivity index (χ1) is 8.96. The first-order valence-electron chi connectivity index (χ1n) is 5.54. The van der Waals surface area contributed by atoms with Gasteiger partial charge in [-0.15, -0.1) is 13.2 Å². The van der Waals surface area contributed by atoms with E-state index in [1.165, 1.54) is 24.3 Å². The zero-order valence-electron chi connectivity index (χ0n) is 9.76. The Hall–Kier alpha value is -2.01. The molecule has 0 unspecified atom stereocenters. The van der Waals surface area contributed by atoms with Gasteiger partial charge in [0.1, 0.15) is 11.9 Å². The maximum atomic E-state index is 12.0. The standard InChI is InChI=1S/C14H11F3O2/c15-14(16,17)19-12-8-6-11(7-9-12)13(18)10-4-2-1-3-5-10/h1-9,13,18H/t13-/m0/s1. The fourth-order valence-corrected chi connectivity index (χ4v) is 1.68. The summed E-state index contributed by atoms with van der Waals surface area (Å²) in [6.45, 7) is 0. The fraction of sp³-hybridized carbons (Fsp3) is 0.143.